The van der Waals surface area contributed by atoms with E-state index >= 15 is 0 Å². The number of ether oxygens (including phenoxy) is 1. The van der Waals surface area contributed by atoms with E-state index in [1.54, 1.807) is 6.92 Å². The minimum Gasteiger partial charge on any atom is -0.389 e. The zero-order chi connectivity index (χ0) is 13.5. The molecule has 0 aromatic carbocycles. The molecule has 0 radical (unpaired) electrons. The van der Waals surface area contributed by atoms with E-state index < -0.39 is 11.0 Å². The fourth-order valence-corrected chi connectivity index (χ4v) is 1.48. The molecule has 0 spiro atoms. The first-order valence-electron chi connectivity index (χ1n) is 5.99. The fourth-order valence-electron chi connectivity index (χ4n) is 1.48. The second kappa shape index (κ2) is 7.07. The Labute approximate surface area is 106 Å². The lowest BCUT2D eigenvalue weighted by atomic mass is 10.3. The molecule has 1 aromatic rings. The minimum atomic E-state index is -0.708. The fraction of sp³-hybridized carbons (Fsp3) is 0.727. The number of unbranched alkanes of at least 4 members (excludes halogenated alkanes) is 1. The number of nitrogens with zero attached hydrogens (tertiary/aromatic N) is 3. The summed E-state index contributed by atoms with van der Waals surface area (Å²) in [6.07, 6.45) is 1.29. The van der Waals surface area contributed by atoms with Gasteiger partial charge in [0.25, 0.3) is 0 Å². The van der Waals surface area contributed by atoms with E-state index in [-0.39, 0.29) is 19.0 Å². The van der Waals surface area contributed by atoms with E-state index in [0.717, 1.165) is 12.8 Å². The normalized spacial score (nSPS) is 12.6. The van der Waals surface area contributed by atoms with Crippen LogP contribution in [0.1, 0.15) is 25.5 Å². The van der Waals surface area contributed by atoms with E-state index in [9.17, 15) is 15.2 Å². The molecule has 1 atom stereocenters. The van der Waals surface area contributed by atoms with Gasteiger partial charge >= 0.3 is 5.82 Å². The Kier molecular flexibility index (Phi) is 5.73. The predicted molar refractivity (Wildman–Crippen MR) is 65.4 cm³/mol. The molecule has 0 fully saturated rings. The average molecular weight is 257 g/mol. The standard InChI is InChI=1S/C11H19N3O4/c1-3-4-5-18-8-10(15)7-13-9(2)6-11(12-13)14(16)17/h6,10,15H,3-5,7-8H2,1-2H3. The van der Waals surface area contributed by atoms with Gasteiger partial charge in [-0.3, -0.25) is 0 Å². The number of hydrogen-bond acceptors (Lipinski definition) is 5. The van der Waals surface area contributed by atoms with Crippen LogP contribution in [0.3, 0.4) is 0 Å². The Morgan fingerprint density at radius 1 is 1.67 bits per heavy atom. The number of aliphatic hydroxyl groups is 1. The number of nitro groups is 1. The van der Waals surface area contributed by atoms with Gasteiger partial charge in [0, 0.05) is 6.61 Å². The first-order chi connectivity index (χ1) is 8.54. The Morgan fingerprint density at radius 3 is 2.94 bits per heavy atom. The highest BCUT2D eigenvalue weighted by atomic mass is 16.6. The molecule has 1 N–H and O–H groups in total. The van der Waals surface area contributed by atoms with Crippen molar-refractivity contribution in [2.24, 2.45) is 0 Å². The van der Waals surface area contributed by atoms with Crippen molar-refractivity contribution >= 4 is 5.82 Å². The molecule has 7 nitrogen and oxygen atoms in total. The van der Waals surface area contributed by atoms with E-state index in [2.05, 4.69) is 12.0 Å². The molecular weight excluding hydrogens is 238 g/mol. The molecule has 0 saturated heterocycles. The molecule has 0 aliphatic carbocycles. The summed E-state index contributed by atoms with van der Waals surface area (Å²) in [5.41, 5.74) is 0.648. The maximum absolute atomic E-state index is 10.5. The van der Waals surface area contributed by atoms with E-state index in [1.807, 2.05) is 0 Å². The van der Waals surface area contributed by atoms with Gasteiger partial charge in [0.2, 0.25) is 0 Å². The van der Waals surface area contributed by atoms with Crippen molar-refractivity contribution in [3.05, 3.63) is 21.9 Å². The summed E-state index contributed by atoms with van der Waals surface area (Å²) in [5, 5.41) is 24.1. The van der Waals surface area contributed by atoms with Crippen molar-refractivity contribution in [1.82, 2.24) is 9.78 Å². The lowest BCUT2D eigenvalue weighted by Gasteiger charge is -2.10. The first-order valence-corrected chi connectivity index (χ1v) is 5.99. The number of aromatic nitrogens is 2. The second-order valence-electron chi connectivity index (χ2n) is 4.17. The Balaban J connectivity index is 2.43. The van der Waals surface area contributed by atoms with Crippen LogP contribution in [0.15, 0.2) is 6.07 Å². The third kappa shape index (κ3) is 4.42. The molecule has 1 aromatic heterocycles. The summed E-state index contributed by atoms with van der Waals surface area (Å²) in [5.74, 6) is -0.202. The van der Waals surface area contributed by atoms with Gasteiger partial charge in [0.05, 0.1) is 36.1 Å². The highest BCUT2D eigenvalue weighted by Crippen LogP contribution is 2.11. The van der Waals surface area contributed by atoms with Crippen molar-refractivity contribution in [1.29, 1.82) is 0 Å². The third-order valence-electron chi connectivity index (χ3n) is 2.49. The quantitative estimate of drug-likeness (QED) is 0.430. The average Bonchev–Trinajstić information content (AvgIpc) is 2.67. The maximum atomic E-state index is 10.5. The van der Waals surface area contributed by atoms with Crippen LogP contribution in [-0.2, 0) is 11.3 Å². The molecule has 18 heavy (non-hydrogen) atoms. The highest BCUT2D eigenvalue weighted by Gasteiger charge is 2.17. The van der Waals surface area contributed by atoms with Crippen molar-refractivity contribution < 1.29 is 14.8 Å². The van der Waals surface area contributed by atoms with Crippen LogP contribution in [0.5, 0.6) is 0 Å². The van der Waals surface area contributed by atoms with Gasteiger partial charge in [-0.25, -0.2) is 0 Å². The summed E-state index contributed by atoms with van der Waals surface area (Å²) >= 11 is 0. The lowest BCUT2D eigenvalue weighted by molar-refractivity contribution is -0.389. The monoisotopic (exact) mass is 257 g/mol. The van der Waals surface area contributed by atoms with Crippen LogP contribution < -0.4 is 0 Å². The topological polar surface area (TPSA) is 90.4 Å². The van der Waals surface area contributed by atoms with Crippen LogP contribution >= 0.6 is 0 Å². The molecule has 0 bridgehead atoms. The minimum absolute atomic E-state index is 0.200. The van der Waals surface area contributed by atoms with Crippen LogP contribution in [0.2, 0.25) is 0 Å². The van der Waals surface area contributed by atoms with Gasteiger partial charge in [-0.2, -0.15) is 4.68 Å². The van der Waals surface area contributed by atoms with Gasteiger partial charge in [-0.05, 0) is 18.3 Å². The van der Waals surface area contributed by atoms with Gasteiger partial charge in [0.15, 0.2) is 0 Å². The predicted octanol–water partition coefficient (Wildman–Crippen LogP) is 1.28. The molecule has 0 aliphatic heterocycles. The van der Waals surface area contributed by atoms with E-state index in [1.165, 1.54) is 10.7 Å². The largest absolute Gasteiger partial charge is 0.390 e. The zero-order valence-corrected chi connectivity index (χ0v) is 10.7. The Hall–Kier alpha value is -1.47. The van der Waals surface area contributed by atoms with Crippen molar-refractivity contribution in [3.8, 4) is 0 Å². The molecule has 1 heterocycles. The summed E-state index contributed by atoms with van der Waals surface area (Å²) in [7, 11) is 0. The SMILES string of the molecule is CCCCOCC(O)Cn1nc([N+](=O)[O-])cc1C. The molecule has 0 saturated carbocycles. The second-order valence-corrected chi connectivity index (χ2v) is 4.17. The molecule has 7 heteroatoms. The van der Waals surface area contributed by atoms with Crippen molar-refractivity contribution in [2.75, 3.05) is 13.2 Å². The smallest absolute Gasteiger partial charge is 0.389 e. The maximum Gasteiger partial charge on any atom is 0.390 e. The zero-order valence-electron chi connectivity index (χ0n) is 10.7. The first kappa shape index (κ1) is 14.6. The van der Waals surface area contributed by atoms with Crippen LogP contribution in [0, 0.1) is 17.0 Å². The summed E-state index contributed by atoms with van der Waals surface area (Å²) in [6.45, 7) is 4.81. The number of aryl methyl sites for hydroxylation is 1. The lowest BCUT2D eigenvalue weighted by Crippen LogP contribution is -2.23. The number of aliphatic hydroxyl groups excluding tert-OH is 1. The van der Waals surface area contributed by atoms with Gasteiger partial charge < -0.3 is 20.0 Å². The van der Waals surface area contributed by atoms with Gasteiger partial charge in [0.1, 0.15) is 0 Å². The Bertz CT molecular complexity index is 392. The molecule has 1 unspecified atom stereocenters. The highest BCUT2D eigenvalue weighted by molar-refractivity contribution is 5.20. The van der Waals surface area contributed by atoms with Crippen molar-refractivity contribution in [3.63, 3.8) is 0 Å². The summed E-state index contributed by atoms with van der Waals surface area (Å²) in [6, 6.07) is 1.38. The molecular formula is C11H19N3O4. The molecule has 0 amide bonds. The number of rotatable bonds is 8. The van der Waals surface area contributed by atoms with Crippen LogP contribution in [-0.4, -0.2) is 39.1 Å². The Morgan fingerprint density at radius 2 is 2.39 bits per heavy atom. The molecule has 102 valence electrons. The van der Waals surface area contributed by atoms with E-state index in [4.69, 9.17) is 4.74 Å². The van der Waals surface area contributed by atoms with Gasteiger partial charge in [-0.15, -0.1) is 0 Å². The third-order valence-corrected chi connectivity index (χ3v) is 2.49. The summed E-state index contributed by atoms with van der Waals surface area (Å²) in [4.78, 5) is 9.99. The van der Waals surface area contributed by atoms with Crippen LogP contribution in [0.25, 0.3) is 0 Å². The van der Waals surface area contributed by atoms with Crippen molar-refractivity contribution in [2.45, 2.75) is 39.3 Å². The van der Waals surface area contributed by atoms with Gasteiger partial charge in [-0.1, -0.05) is 13.3 Å². The van der Waals surface area contributed by atoms with E-state index in [0.29, 0.717) is 12.3 Å². The summed E-state index contributed by atoms with van der Waals surface area (Å²) < 4.78 is 6.70. The number of hydrogen-bond donors (Lipinski definition) is 1. The molecule has 1 rings (SSSR count). The van der Waals surface area contributed by atoms with Crippen LogP contribution in [0.4, 0.5) is 5.82 Å². The molecule has 0 aliphatic rings.